The molecular formula is C15H22ClN3. The van der Waals surface area contributed by atoms with Gasteiger partial charge in [-0.05, 0) is 30.9 Å². The molecular weight excluding hydrogens is 258 g/mol. The summed E-state index contributed by atoms with van der Waals surface area (Å²) in [7, 11) is 0. The van der Waals surface area contributed by atoms with E-state index < -0.39 is 0 Å². The molecule has 1 aromatic heterocycles. The molecule has 0 N–H and O–H groups in total. The normalized spacial score (nSPS) is 10.8. The van der Waals surface area contributed by atoms with E-state index in [9.17, 15) is 0 Å². The highest BCUT2D eigenvalue weighted by atomic mass is 35.5. The van der Waals surface area contributed by atoms with Crippen molar-refractivity contribution in [1.29, 1.82) is 5.26 Å². The largest absolute Gasteiger partial charge is 0.353 e. The first-order valence-electron chi connectivity index (χ1n) is 6.86. The monoisotopic (exact) mass is 279 g/mol. The van der Waals surface area contributed by atoms with E-state index in [-0.39, 0.29) is 0 Å². The lowest BCUT2D eigenvalue weighted by Gasteiger charge is -2.33. The Kier molecular flexibility index (Phi) is 6.11. The van der Waals surface area contributed by atoms with Gasteiger partial charge < -0.3 is 4.90 Å². The Labute approximate surface area is 121 Å². The number of anilines is 1. The lowest BCUT2D eigenvalue weighted by Crippen LogP contribution is -2.38. The number of nitriles is 1. The number of nitrogens with zero attached hydrogens (tertiary/aromatic N) is 3. The Morgan fingerprint density at radius 2 is 1.95 bits per heavy atom. The molecule has 1 rings (SSSR count). The van der Waals surface area contributed by atoms with E-state index >= 15 is 0 Å². The Bertz CT molecular complexity index is 447. The number of halogens is 1. The van der Waals surface area contributed by atoms with E-state index in [1.54, 1.807) is 6.07 Å². The van der Waals surface area contributed by atoms with Crippen LogP contribution in [-0.2, 0) is 0 Å². The van der Waals surface area contributed by atoms with Crippen LogP contribution in [0.3, 0.4) is 0 Å². The van der Waals surface area contributed by atoms with Crippen molar-refractivity contribution in [3.05, 3.63) is 22.8 Å². The maximum absolute atomic E-state index is 9.05. The van der Waals surface area contributed by atoms with E-state index in [0.717, 1.165) is 25.2 Å². The molecule has 0 radical (unpaired) electrons. The second-order valence-corrected chi connectivity index (χ2v) is 5.55. The second kappa shape index (κ2) is 7.35. The summed E-state index contributed by atoms with van der Waals surface area (Å²) in [4.78, 5) is 6.67. The first-order chi connectivity index (χ1) is 9.01. The van der Waals surface area contributed by atoms with Crippen LogP contribution in [-0.4, -0.2) is 17.6 Å². The van der Waals surface area contributed by atoms with Crippen molar-refractivity contribution < 1.29 is 0 Å². The number of hydrogen-bond donors (Lipinski definition) is 0. The third-order valence-corrected chi connectivity index (χ3v) is 3.34. The van der Waals surface area contributed by atoms with E-state index in [0.29, 0.717) is 22.7 Å². The molecule has 0 spiro atoms. The van der Waals surface area contributed by atoms with Gasteiger partial charge in [-0.3, -0.25) is 0 Å². The minimum atomic E-state index is 0.383. The molecule has 0 aliphatic heterocycles. The third-order valence-electron chi connectivity index (χ3n) is 3.15. The summed E-state index contributed by atoms with van der Waals surface area (Å²) < 4.78 is 0. The Morgan fingerprint density at radius 1 is 1.32 bits per heavy atom. The molecule has 3 nitrogen and oxygen atoms in total. The average molecular weight is 280 g/mol. The first kappa shape index (κ1) is 15.8. The van der Waals surface area contributed by atoms with Gasteiger partial charge in [0.2, 0.25) is 0 Å². The Balaban J connectivity index is 3.16. The number of pyridine rings is 1. The molecule has 4 heteroatoms. The second-order valence-electron chi connectivity index (χ2n) is 5.17. The van der Waals surface area contributed by atoms with Gasteiger partial charge in [0.05, 0.1) is 11.6 Å². The maximum Gasteiger partial charge on any atom is 0.132 e. The van der Waals surface area contributed by atoms with Gasteiger partial charge >= 0.3 is 0 Å². The lowest BCUT2D eigenvalue weighted by molar-refractivity contribution is 0.503. The quantitative estimate of drug-likeness (QED) is 0.731. The smallest absolute Gasteiger partial charge is 0.132 e. The van der Waals surface area contributed by atoms with Crippen molar-refractivity contribution in [3.8, 4) is 6.07 Å². The van der Waals surface area contributed by atoms with Crippen molar-refractivity contribution >= 4 is 17.4 Å². The van der Waals surface area contributed by atoms with Crippen LogP contribution in [0.15, 0.2) is 12.1 Å². The van der Waals surface area contributed by atoms with Crippen molar-refractivity contribution in [2.24, 2.45) is 5.92 Å². The highest BCUT2D eigenvalue weighted by Gasteiger charge is 2.19. The van der Waals surface area contributed by atoms with Crippen LogP contribution in [0, 0.1) is 17.2 Å². The summed E-state index contributed by atoms with van der Waals surface area (Å²) in [6, 6.07) is 6.00. The number of hydrogen-bond acceptors (Lipinski definition) is 3. The summed E-state index contributed by atoms with van der Waals surface area (Å²) in [5.74, 6) is 1.35. The molecule has 0 fully saturated rings. The van der Waals surface area contributed by atoms with Crippen LogP contribution >= 0.6 is 11.6 Å². The number of rotatable bonds is 6. The highest BCUT2D eigenvalue weighted by molar-refractivity contribution is 6.29. The molecule has 0 amide bonds. The van der Waals surface area contributed by atoms with Gasteiger partial charge in [-0.15, -0.1) is 0 Å². The van der Waals surface area contributed by atoms with Gasteiger partial charge in [0, 0.05) is 12.6 Å². The fraction of sp³-hybridized carbons (Fsp3) is 0.600. The van der Waals surface area contributed by atoms with Crippen molar-refractivity contribution in [2.45, 2.75) is 46.6 Å². The van der Waals surface area contributed by atoms with Crippen LogP contribution in [0.1, 0.15) is 46.1 Å². The zero-order valence-corrected chi connectivity index (χ0v) is 12.9. The topological polar surface area (TPSA) is 39.9 Å². The molecule has 19 heavy (non-hydrogen) atoms. The summed E-state index contributed by atoms with van der Waals surface area (Å²) in [6.45, 7) is 9.65. The summed E-state index contributed by atoms with van der Waals surface area (Å²) in [6.07, 6.45) is 2.11. The third kappa shape index (κ3) is 4.40. The minimum Gasteiger partial charge on any atom is -0.353 e. The van der Waals surface area contributed by atoms with E-state index in [2.05, 4.69) is 43.6 Å². The molecule has 0 saturated heterocycles. The van der Waals surface area contributed by atoms with E-state index in [1.807, 2.05) is 6.07 Å². The van der Waals surface area contributed by atoms with Crippen LogP contribution in [0.4, 0.5) is 5.82 Å². The summed E-state index contributed by atoms with van der Waals surface area (Å²) in [5.41, 5.74) is 0.565. The van der Waals surface area contributed by atoms with Crippen LogP contribution in [0.2, 0.25) is 5.15 Å². The standard InChI is InChI=1S/C15H22ClN3/c1-5-13(6-2)19(10-11(3)4)15-8-12(9-17)7-14(16)18-15/h7-8,11,13H,5-6,10H2,1-4H3. The fourth-order valence-electron chi connectivity index (χ4n) is 2.25. The van der Waals surface area contributed by atoms with Crippen molar-refractivity contribution in [1.82, 2.24) is 4.98 Å². The molecule has 1 heterocycles. The lowest BCUT2D eigenvalue weighted by atomic mass is 10.1. The van der Waals surface area contributed by atoms with Crippen LogP contribution < -0.4 is 4.90 Å². The molecule has 0 aromatic carbocycles. The van der Waals surface area contributed by atoms with Gasteiger partial charge in [0.25, 0.3) is 0 Å². The predicted octanol–water partition coefficient (Wildman–Crippen LogP) is 4.26. The van der Waals surface area contributed by atoms with E-state index in [1.165, 1.54) is 0 Å². The fourth-order valence-corrected chi connectivity index (χ4v) is 2.45. The molecule has 0 aliphatic rings. The first-order valence-corrected chi connectivity index (χ1v) is 7.23. The number of aromatic nitrogens is 1. The maximum atomic E-state index is 9.05. The van der Waals surface area contributed by atoms with Gasteiger partial charge in [-0.25, -0.2) is 4.98 Å². The molecule has 0 aliphatic carbocycles. The molecule has 104 valence electrons. The van der Waals surface area contributed by atoms with Gasteiger partial charge in [-0.1, -0.05) is 39.3 Å². The van der Waals surface area contributed by atoms with E-state index in [4.69, 9.17) is 16.9 Å². The minimum absolute atomic E-state index is 0.383. The van der Waals surface area contributed by atoms with Crippen LogP contribution in [0.5, 0.6) is 0 Å². The molecule has 0 unspecified atom stereocenters. The Hall–Kier alpha value is -1.27. The van der Waals surface area contributed by atoms with Crippen molar-refractivity contribution in [3.63, 3.8) is 0 Å². The predicted molar refractivity (Wildman–Crippen MR) is 80.5 cm³/mol. The van der Waals surface area contributed by atoms with Crippen molar-refractivity contribution in [2.75, 3.05) is 11.4 Å². The molecule has 0 bridgehead atoms. The SMILES string of the molecule is CCC(CC)N(CC(C)C)c1cc(C#N)cc(Cl)n1. The zero-order valence-electron chi connectivity index (χ0n) is 12.2. The van der Waals surface area contributed by atoms with Gasteiger partial charge in [0.15, 0.2) is 0 Å². The van der Waals surface area contributed by atoms with Crippen LogP contribution in [0.25, 0.3) is 0 Å². The highest BCUT2D eigenvalue weighted by Crippen LogP contribution is 2.23. The summed E-state index contributed by atoms with van der Waals surface area (Å²) in [5, 5.41) is 9.43. The summed E-state index contributed by atoms with van der Waals surface area (Å²) >= 11 is 6.01. The average Bonchev–Trinajstić information content (AvgIpc) is 2.37. The zero-order chi connectivity index (χ0) is 14.4. The molecule has 0 atom stereocenters. The van der Waals surface area contributed by atoms with Gasteiger partial charge in [-0.2, -0.15) is 5.26 Å². The Morgan fingerprint density at radius 3 is 2.42 bits per heavy atom. The van der Waals surface area contributed by atoms with Gasteiger partial charge in [0.1, 0.15) is 11.0 Å². The molecule has 1 aromatic rings. The molecule has 0 saturated carbocycles.